The van der Waals surface area contributed by atoms with Crippen LogP contribution in [0.2, 0.25) is 0 Å². The van der Waals surface area contributed by atoms with Crippen LogP contribution in [-0.4, -0.2) is 77.6 Å². The Kier molecular flexibility index (Phi) is 6.94. The zero-order chi connectivity index (χ0) is 22.5. The van der Waals surface area contributed by atoms with Gasteiger partial charge in [-0.05, 0) is 44.0 Å². The van der Waals surface area contributed by atoms with Gasteiger partial charge in [0.25, 0.3) is 11.8 Å². The number of benzene rings is 1. The summed E-state index contributed by atoms with van der Waals surface area (Å²) in [7, 11) is 0. The van der Waals surface area contributed by atoms with Crippen LogP contribution in [0, 0.1) is 12.7 Å². The average molecular weight is 442 g/mol. The van der Waals surface area contributed by atoms with Crippen molar-refractivity contribution in [3.8, 4) is 5.75 Å². The maximum Gasteiger partial charge on any atom is 0.260 e. The number of rotatable bonds is 5. The van der Waals surface area contributed by atoms with Crippen molar-refractivity contribution in [3.63, 3.8) is 0 Å². The highest BCUT2D eigenvalue weighted by atomic mass is 19.1. The Morgan fingerprint density at radius 3 is 2.62 bits per heavy atom. The molecular formula is C23H27FN4O4. The van der Waals surface area contributed by atoms with E-state index in [-0.39, 0.29) is 30.2 Å². The van der Waals surface area contributed by atoms with Crippen molar-refractivity contribution in [3.05, 3.63) is 53.4 Å². The van der Waals surface area contributed by atoms with Crippen LogP contribution in [0.5, 0.6) is 5.75 Å². The summed E-state index contributed by atoms with van der Waals surface area (Å²) in [6.07, 6.45) is 3.32. The third-order valence-electron chi connectivity index (χ3n) is 5.84. The van der Waals surface area contributed by atoms with Crippen LogP contribution in [-0.2, 0) is 9.53 Å². The second-order valence-electron chi connectivity index (χ2n) is 8.05. The normalized spacial score (nSPS) is 19.0. The Bertz CT molecular complexity index is 963. The van der Waals surface area contributed by atoms with Crippen LogP contribution in [0.15, 0.2) is 30.5 Å². The lowest BCUT2D eigenvalue weighted by molar-refractivity contribution is -0.134. The van der Waals surface area contributed by atoms with Crippen LogP contribution >= 0.6 is 0 Å². The Labute approximate surface area is 186 Å². The first-order valence-corrected chi connectivity index (χ1v) is 10.9. The number of halogens is 1. The van der Waals surface area contributed by atoms with Crippen molar-refractivity contribution >= 4 is 11.8 Å². The van der Waals surface area contributed by atoms with Crippen molar-refractivity contribution in [2.24, 2.45) is 0 Å². The number of piperidine rings is 1. The number of carbonyl (C=O) groups excluding carboxylic acids is 2. The van der Waals surface area contributed by atoms with Crippen molar-refractivity contribution in [2.45, 2.75) is 25.7 Å². The molecule has 0 aliphatic carbocycles. The number of amides is 2. The van der Waals surface area contributed by atoms with E-state index >= 15 is 0 Å². The fourth-order valence-electron chi connectivity index (χ4n) is 4.01. The summed E-state index contributed by atoms with van der Waals surface area (Å²) in [6.45, 7) is 5.09. The van der Waals surface area contributed by atoms with Gasteiger partial charge in [0, 0.05) is 38.3 Å². The predicted molar refractivity (Wildman–Crippen MR) is 114 cm³/mol. The van der Waals surface area contributed by atoms with Crippen LogP contribution in [0.1, 0.15) is 40.6 Å². The number of nitrogens with zero attached hydrogens (tertiary/aromatic N) is 4. The molecule has 2 aliphatic rings. The monoisotopic (exact) mass is 442 g/mol. The molecule has 0 saturated carbocycles. The quantitative estimate of drug-likeness (QED) is 0.706. The van der Waals surface area contributed by atoms with Gasteiger partial charge in [0.05, 0.1) is 24.5 Å². The van der Waals surface area contributed by atoms with E-state index in [1.54, 1.807) is 16.0 Å². The van der Waals surface area contributed by atoms with Gasteiger partial charge in [-0.15, -0.1) is 0 Å². The Hall–Kier alpha value is -3.07. The van der Waals surface area contributed by atoms with Gasteiger partial charge in [0.15, 0.2) is 6.61 Å². The lowest BCUT2D eigenvalue weighted by Crippen LogP contribution is -2.42. The topological polar surface area (TPSA) is 84.9 Å². The third-order valence-corrected chi connectivity index (χ3v) is 5.84. The molecule has 9 heteroatoms. The molecular weight excluding hydrogens is 415 g/mol. The number of hydrogen-bond acceptors (Lipinski definition) is 6. The third kappa shape index (κ3) is 5.21. The van der Waals surface area contributed by atoms with E-state index in [4.69, 9.17) is 9.47 Å². The summed E-state index contributed by atoms with van der Waals surface area (Å²) in [5.41, 5.74) is 1.15. The highest BCUT2D eigenvalue weighted by molar-refractivity contribution is 5.95. The predicted octanol–water partition coefficient (Wildman–Crippen LogP) is 2.18. The molecule has 2 aliphatic heterocycles. The molecule has 1 unspecified atom stereocenters. The molecule has 1 aromatic carbocycles. The molecule has 2 aromatic rings. The Balaban J connectivity index is 1.37. The summed E-state index contributed by atoms with van der Waals surface area (Å²) in [4.78, 5) is 38.0. The van der Waals surface area contributed by atoms with Gasteiger partial charge in [-0.1, -0.05) is 0 Å². The average Bonchev–Trinajstić information content (AvgIpc) is 2.83. The number of hydrogen-bond donors (Lipinski definition) is 0. The number of carbonyl (C=O) groups is 2. The molecule has 0 spiro atoms. The molecule has 3 heterocycles. The van der Waals surface area contributed by atoms with Crippen LogP contribution in [0.25, 0.3) is 0 Å². The number of aromatic nitrogens is 2. The number of morpholine rings is 1. The second-order valence-corrected chi connectivity index (χ2v) is 8.05. The smallest absolute Gasteiger partial charge is 0.260 e. The first-order chi connectivity index (χ1) is 15.5. The minimum absolute atomic E-state index is 0.00441. The van der Waals surface area contributed by atoms with Crippen molar-refractivity contribution < 1.29 is 23.5 Å². The van der Waals surface area contributed by atoms with Crippen LogP contribution < -0.4 is 4.74 Å². The number of aryl methyl sites for hydroxylation is 1. The Morgan fingerprint density at radius 1 is 1.16 bits per heavy atom. The van der Waals surface area contributed by atoms with Gasteiger partial charge >= 0.3 is 0 Å². The van der Waals surface area contributed by atoms with Crippen LogP contribution in [0.3, 0.4) is 0 Å². The zero-order valence-electron chi connectivity index (χ0n) is 18.1. The summed E-state index contributed by atoms with van der Waals surface area (Å²) >= 11 is 0. The first kappa shape index (κ1) is 22.1. The van der Waals surface area contributed by atoms with Crippen LogP contribution in [0.4, 0.5) is 4.39 Å². The first-order valence-electron chi connectivity index (χ1n) is 10.9. The summed E-state index contributed by atoms with van der Waals surface area (Å²) in [6, 6.07) is 5.59. The Morgan fingerprint density at radius 2 is 1.91 bits per heavy atom. The lowest BCUT2D eigenvalue weighted by atomic mass is 9.96. The second kappa shape index (κ2) is 10.0. The van der Waals surface area contributed by atoms with E-state index in [1.165, 1.54) is 24.3 Å². The van der Waals surface area contributed by atoms with E-state index in [9.17, 15) is 14.0 Å². The minimum atomic E-state index is -0.351. The highest BCUT2D eigenvalue weighted by Crippen LogP contribution is 2.25. The maximum absolute atomic E-state index is 13.0. The van der Waals surface area contributed by atoms with Gasteiger partial charge in [0.2, 0.25) is 0 Å². The fraction of sp³-hybridized carbons (Fsp3) is 0.478. The van der Waals surface area contributed by atoms with Gasteiger partial charge in [-0.3, -0.25) is 9.59 Å². The molecule has 4 rings (SSSR count). The van der Waals surface area contributed by atoms with Gasteiger partial charge < -0.3 is 19.3 Å². The molecule has 0 bridgehead atoms. The fourth-order valence-corrected chi connectivity index (χ4v) is 4.01. The van der Waals surface area contributed by atoms with E-state index in [0.29, 0.717) is 62.2 Å². The standard InChI is InChI=1S/C23H27FN4O4/c1-16-20(23(30)27-9-11-31-12-10-27)13-25-22(26-16)17-3-2-8-28(14-17)21(29)15-32-19-6-4-18(24)5-7-19/h4-7,13,17H,2-3,8-12,14-15H2,1H3. The lowest BCUT2D eigenvalue weighted by Gasteiger charge is -2.32. The minimum Gasteiger partial charge on any atom is -0.484 e. The van der Waals surface area contributed by atoms with Crippen molar-refractivity contribution in [1.29, 1.82) is 0 Å². The molecule has 8 nitrogen and oxygen atoms in total. The summed E-state index contributed by atoms with van der Waals surface area (Å²) < 4.78 is 23.8. The molecule has 0 N–H and O–H groups in total. The molecule has 2 amide bonds. The van der Waals surface area contributed by atoms with Gasteiger partial charge in [-0.25, -0.2) is 14.4 Å². The zero-order valence-corrected chi connectivity index (χ0v) is 18.1. The maximum atomic E-state index is 13.0. The summed E-state index contributed by atoms with van der Waals surface area (Å²) in [5.74, 6) is 0.552. The van der Waals surface area contributed by atoms with Gasteiger partial charge in [0.1, 0.15) is 17.4 Å². The molecule has 1 atom stereocenters. The molecule has 2 saturated heterocycles. The largest absolute Gasteiger partial charge is 0.484 e. The van der Waals surface area contributed by atoms with Gasteiger partial charge in [-0.2, -0.15) is 0 Å². The highest BCUT2D eigenvalue weighted by Gasteiger charge is 2.28. The van der Waals surface area contributed by atoms with E-state index in [2.05, 4.69) is 9.97 Å². The summed E-state index contributed by atoms with van der Waals surface area (Å²) in [5, 5.41) is 0. The molecule has 0 radical (unpaired) electrons. The van der Waals surface area contributed by atoms with E-state index < -0.39 is 0 Å². The molecule has 32 heavy (non-hydrogen) atoms. The van der Waals surface area contributed by atoms with E-state index in [0.717, 1.165) is 12.8 Å². The SMILES string of the molecule is Cc1nc(C2CCCN(C(=O)COc3ccc(F)cc3)C2)ncc1C(=O)N1CCOCC1. The molecule has 1 aromatic heterocycles. The van der Waals surface area contributed by atoms with Crippen molar-refractivity contribution in [2.75, 3.05) is 46.0 Å². The molecule has 170 valence electrons. The van der Waals surface area contributed by atoms with E-state index in [1.807, 2.05) is 6.92 Å². The van der Waals surface area contributed by atoms with Crippen molar-refractivity contribution in [1.82, 2.24) is 19.8 Å². The number of likely N-dealkylation sites (tertiary alicyclic amines) is 1. The molecule has 2 fully saturated rings. The number of ether oxygens (including phenoxy) is 2.